The van der Waals surface area contributed by atoms with Gasteiger partial charge < -0.3 is 10.1 Å². The largest absolute Gasteiger partial charge is 0.494 e. The fourth-order valence-electron chi connectivity index (χ4n) is 2.22. The normalized spacial score (nSPS) is 10.4. The van der Waals surface area contributed by atoms with Crippen LogP contribution in [0.1, 0.15) is 16.7 Å². The predicted molar refractivity (Wildman–Crippen MR) is 83.9 cm³/mol. The summed E-state index contributed by atoms with van der Waals surface area (Å²) in [5, 5.41) is 3.30. The Labute approximate surface area is 127 Å². The standard InChI is InChI=1S/C16H17BrFNO/c1-10-7-13(17)8-11(2)16(10)19-9-12-5-4-6-14(20-3)15(12)18/h4-8,19H,9H2,1-3H3. The first-order valence-corrected chi connectivity index (χ1v) is 7.14. The van der Waals surface area contributed by atoms with Gasteiger partial charge in [-0.25, -0.2) is 4.39 Å². The molecule has 0 spiro atoms. The molecule has 20 heavy (non-hydrogen) atoms. The van der Waals surface area contributed by atoms with Crippen LogP contribution >= 0.6 is 15.9 Å². The lowest BCUT2D eigenvalue weighted by molar-refractivity contribution is 0.384. The second-order valence-electron chi connectivity index (χ2n) is 4.70. The van der Waals surface area contributed by atoms with E-state index in [9.17, 15) is 4.39 Å². The van der Waals surface area contributed by atoms with E-state index in [0.29, 0.717) is 12.1 Å². The van der Waals surface area contributed by atoms with E-state index in [1.807, 2.05) is 26.0 Å². The molecule has 0 aliphatic carbocycles. The lowest BCUT2D eigenvalue weighted by Crippen LogP contribution is -2.05. The van der Waals surface area contributed by atoms with Crippen molar-refractivity contribution in [3.8, 4) is 5.75 Å². The Morgan fingerprint density at radius 3 is 2.45 bits per heavy atom. The van der Waals surface area contributed by atoms with E-state index in [1.165, 1.54) is 7.11 Å². The summed E-state index contributed by atoms with van der Waals surface area (Å²) in [7, 11) is 1.47. The van der Waals surface area contributed by atoms with Crippen molar-refractivity contribution in [2.45, 2.75) is 20.4 Å². The van der Waals surface area contributed by atoms with Crippen molar-refractivity contribution in [2.75, 3.05) is 12.4 Å². The number of anilines is 1. The molecule has 4 heteroatoms. The van der Waals surface area contributed by atoms with Gasteiger partial charge in [0.05, 0.1) is 7.11 Å². The highest BCUT2D eigenvalue weighted by atomic mass is 79.9. The third-order valence-corrected chi connectivity index (χ3v) is 3.67. The van der Waals surface area contributed by atoms with Crippen molar-refractivity contribution in [1.29, 1.82) is 0 Å². The molecule has 0 radical (unpaired) electrons. The van der Waals surface area contributed by atoms with Gasteiger partial charge in [-0.05, 0) is 43.2 Å². The molecule has 1 N–H and O–H groups in total. The minimum atomic E-state index is -0.310. The zero-order valence-electron chi connectivity index (χ0n) is 11.8. The monoisotopic (exact) mass is 337 g/mol. The molecule has 2 aromatic carbocycles. The highest BCUT2D eigenvalue weighted by molar-refractivity contribution is 9.10. The molecule has 0 heterocycles. The van der Waals surface area contributed by atoms with Crippen LogP contribution in [0.3, 0.4) is 0 Å². The van der Waals surface area contributed by atoms with E-state index in [-0.39, 0.29) is 11.6 Å². The number of halogens is 2. The summed E-state index contributed by atoms with van der Waals surface area (Å²) in [6, 6.07) is 9.25. The highest BCUT2D eigenvalue weighted by Crippen LogP contribution is 2.26. The van der Waals surface area contributed by atoms with Gasteiger partial charge in [-0.1, -0.05) is 28.1 Å². The first-order chi connectivity index (χ1) is 9.52. The lowest BCUT2D eigenvalue weighted by atomic mass is 10.1. The number of ether oxygens (including phenoxy) is 1. The van der Waals surface area contributed by atoms with Gasteiger partial charge in [0, 0.05) is 22.3 Å². The zero-order chi connectivity index (χ0) is 14.7. The van der Waals surface area contributed by atoms with Gasteiger partial charge in [-0.2, -0.15) is 0 Å². The number of aryl methyl sites for hydroxylation is 2. The van der Waals surface area contributed by atoms with Gasteiger partial charge in [0.15, 0.2) is 11.6 Å². The van der Waals surface area contributed by atoms with Crippen molar-refractivity contribution in [3.05, 3.63) is 57.3 Å². The Morgan fingerprint density at radius 2 is 1.85 bits per heavy atom. The van der Waals surface area contributed by atoms with E-state index in [2.05, 4.69) is 21.2 Å². The van der Waals surface area contributed by atoms with Crippen LogP contribution in [-0.2, 0) is 6.54 Å². The maximum absolute atomic E-state index is 14.1. The van der Waals surface area contributed by atoms with Crippen LogP contribution in [0.2, 0.25) is 0 Å². The minimum absolute atomic E-state index is 0.272. The van der Waals surface area contributed by atoms with Crippen molar-refractivity contribution in [3.63, 3.8) is 0 Å². The van der Waals surface area contributed by atoms with E-state index >= 15 is 0 Å². The van der Waals surface area contributed by atoms with Gasteiger partial charge in [-0.3, -0.25) is 0 Å². The number of hydrogen-bond donors (Lipinski definition) is 1. The van der Waals surface area contributed by atoms with Gasteiger partial charge in [0.1, 0.15) is 0 Å². The predicted octanol–water partition coefficient (Wildman–Crippen LogP) is 4.83. The molecule has 0 amide bonds. The summed E-state index contributed by atoms with van der Waals surface area (Å²) in [5.74, 6) is -0.0385. The zero-order valence-corrected chi connectivity index (χ0v) is 13.3. The molecule has 0 aliphatic heterocycles. The molecular formula is C16H17BrFNO. The second-order valence-corrected chi connectivity index (χ2v) is 5.62. The number of rotatable bonds is 4. The molecule has 2 nitrogen and oxygen atoms in total. The molecule has 0 aromatic heterocycles. The summed E-state index contributed by atoms with van der Waals surface area (Å²) in [5.41, 5.74) is 3.88. The highest BCUT2D eigenvalue weighted by Gasteiger charge is 2.09. The molecule has 106 valence electrons. The Bertz CT molecular complexity index is 605. The van der Waals surface area contributed by atoms with E-state index < -0.39 is 0 Å². The molecule has 2 aromatic rings. The fraction of sp³-hybridized carbons (Fsp3) is 0.250. The molecule has 0 aliphatic rings. The van der Waals surface area contributed by atoms with E-state index in [1.54, 1.807) is 18.2 Å². The Hall–Kier alpha value is -1.55. The lowest BCUT2D eigenvalue weighted by Gasteiger charge is -2.14. The Balaban J connectivity index is 2.21. The molecule has 0 bridgehead atoms. The summed E-state index contributed by atoms with van der Waals surface area (Å²) in [4.78, 5) is 0. The summed E-state index contributed by atoms with van der Waals surface area (Å²) >= 11 is 3.47. The number of hydrogen-bond acceptors (Lipinski definition) is 2. The molecule has 0 saturated heterocycles. The molecule has 0 fully saturated rings. The first-order valence-electron chi connectivity index (χ1n) is 6.35. The number of benzene rings is 2. The van der Waals surface area contributed by atoms with Gasteiger partial charge in [0.25, 0.3) is 0 Å². The second kappa shape index (κ2) is 6.27. The van der Waals surface area contributed by atoms with Crippen molar-refractivity contribution in [2.24, 2.45) is 0 Å². The molecule has 0 atom stereocenters. The van der Waals surface area contributed by atoms with Crippen LogP contribution in [0.4, 0.5) is 10.1 Å². The fourth-order valence-corrected chi connectivity index (χ4v) is 2.91. The SMILES string of the molecule is COc1cccc(CNc2c(C)cc(Br)cc2C)c1F. The third-order valence-electron chi connectivity index (χ3n) is 3.22. The summed E-state index contributed by atoms with van der Waals surface area (Å²) < 4.78 is 20.1. The maximum atomic E-state index is 14.1. The van der Waals surface area contributed by atoms with Crippen LogP contribution in [0, 0.1) is 19.7 Å². The maximum Gasteiger partial charge on any atom is 0.170 e. The van der Waals surface area contributed by atoms with Gasteiger partial charge in [-0.15, -0.1) is 0 Å². The molecule has 2 rings (SSSR count). The summed E-state index contributed by atoms with van der Waals surface area (Å²) in [6.45, 7) is 4.48. The van der Waals surface area contributed by atoms with Crippen LogP contribution in [-0.4, -0.2) is 7.11 Å². The first kappa shape index (κ1) is 14.9. The molecule has 0 unspecified atom stereocenters. The molecular weight excluding hydrogens is 321 g/mol. The van der Waals surface area contributed by atoms with Crippen molar-refractivity contribution in [1.82, 2.24) is 0 Å². The van der Waals surface area contributed by atoms with E-state index in [4.69, 9.17) is 4.74 Å². The average Bonchev–Trinajstić information content (AvgIpc) is 2.39. The minimum Gasteiger partial charge on any atom is -0.494 e. The topological polar surface area (TPSA) is 21.3 Å². The quantitative estimate of drug-likeness (QED) is 0.862. The van der Waals surface area contributed by atoms with Gasteiger partial charge >= 0.3 is 0 Å². The van der Waals surface area contributed by atoms with Crippen molar-refractivity contribution < 1.29 is 9.13 Å². The van der Waals surface area contributed by atoms with E-state index in [0.717, 1.165) is 21.3 Å². The van der Waals surface area contributed by atoms with Crippen LogP contribution in [0.15, 0.2) is 34.8 Å². The van der Waals surface area contributed by atoms with Crippen LogP contribution < -0.4 is 10.1 Å². The Morgan fingerprint density at radius 1 is 1.20 bits per heavy atom. The smallest absolute Gasteiger partial charge is 0.170 e. The van der Waals surface area contributed by atoms with Crippen LogP contribution in [0.5, 0.6) is 5.75 Å². The average molecular weight is 338 g/mol. The van der Waals surface area contributed by atoms with Crippen molar-refractivity contribution >= 4 is 21.6 Å². The third kappa shape index (κ3) is 3.12. The molecule has 0 saturated carbocycles. The van der Waals surface area contributed by atoms with Gasteiger partial charge in [0.2, 0.25) is 0 Å². The summed E-state index contributed by atoms with van der Waals surface area (Å²) in [6.07, 6.45) is 0. The number of nitrogens with one attached hydrogen (secondary N) is 1. The van der Waals surface area contributed by atoms with Crippen LogP contribution in [0.25, 0.3) is 0 Å². The number of methoxy groups -OCH3 is 1. The Kier molecular flexibility index (Phi) is 4.65.